The first-order valence-electron chi connectivity index (χ1n) is 6.90. The van der Waals surface area contributed by atoms with Gasteiger partial charge in [-0.3, -0.25) is 0 Å². The van der Waals surface area contributed by atoms with Crippen LogP contribution >= 0.6 is 0 Å². The molecule has 2 aromatic carbocycles. The maximum atomic E-state index is 12.1. The number of aliphatic hydroxyl groups excluding tert-OH is 1. The third kappa shape index (κ3) is 5.19. The smallest absolute Gasteiger partial charge is 0.387 e. The largest absolute Gasteiger partial charge is 0.435 e. The van der Waals surface area contributed by atoms with E-state index in [4.69, 9.17) is 5.11 Å². The van der Waals surface area contributed by atoms with Gasteiger partial charge in [-0.05, 0) is 48.2 Å². The van der Waals surface area contributed by atoms with Gasteiger partial charge in [0.25, 0.3) is 0 Å². The Morgan fingerprint density at radius 3 is 2.41 bits per heavy atom. The fraction of sp³-hybridized carbons (Fsp3) is 0.222. The second kappa shape index (κ2) is 8.16. The summed E-state index contributed by atoms with van der Waals surface area (Å²) in [6, 6.07) is 14.5. The van der Waals surface area contributed by atoms with Crippen LogP contribution in [0.5, 0.6) is 5.75 Å². The topological polar surface area (TPSA) is 29.5 Å². The normalized spacial score (nSPS) is 10.2. The molecule has 0 atom stereocenters. The maximum Gasteiger partial charge on any atom is 0.387 e. The average Bonchev–Trinajstić information content (AvgIpc) is 2.52. The molecule has 22 heavy (non-hydrogen) atoms. The number of rotatable bonds is 5. The average molecular weight is 302 g/mol. The number of halogens is 2. The predicted octanol–water partition coefficient (Wildman–Crippen LogP) is 3.42. The summed E-state index contributed by atoms with van der Waals surface area (Å²) < 4.78 is 28.5. The minimum atomic E-state index is -2.80. The van der Waals surface area contributed by atoms with E-state index in [1.165, 1.54) is 0 Å². The minimum absolute atomic E-state index is 0.155. The molecule has 0 bridgehead atoms. The first kappa shape index (κ1) is 16.0. The lowest BCUT2D eigenvalue weighted by Crippen LogP contribution is -2.01. The third-order valence-corrected chi connectivity index (χ3v) is 3.09. The van der Waals surface area contributed by atoms with Gasteiger partial charge in [-0.1, -0.05) is 36.1 Å². The maximum absolute atomic E-state index is 12.1. The van der Waals surface area contributed by atoms with Crippen molar-refractivity contribution in [3.8, 4) is 17.6 Å². The molecule has 0 aromatic heterocycles. The van der Waals surface area contributed by atoms with Crippen LogP contribution in [-0.4, -0.2) is 18.3 Å². The van der Waals surface area contributed by atoms with E-state index < -0.39 is 6.61 Å². The molecule has 0 aliphatic carbocycles. The zero-order chi connectivity index (χ0) is 15.8. The van der Waals surface area contributed by atoms with Crippen molar-refractivity contribution in [2.24, 2.45) is 0 Å². The first-order valence-corrected chi connectivity index (χ1v) is 6.90. The molecule has 0 aliphatic heterocycles. The highest BCUT2D eigenvalue weighted by atomic mass is 19.3. The quantitative estimate of drug-likeness (QED) is 0.858. The summed E-state index contributed by atoms with van der Waals surface area (Å²) >= 11 is 0. The van der Waals surface area contributed by atoms with Crippen LogP contribution in [0, 0.1) is 11.8 Å². The summed E-state index contributed by atoms with van der Waals surface area (Å²) in [5, 5.41) is 8.70. The Morgan fingerprint density at radius 1 is 1.00 bits per heavy atom. The molecule has 0 saturated heterocycles. The zero-order valence-electron chi connectivity index (χ0n) is 11.9. The Bertz CT molecular complexity index is 655. The van der Waals surface area contributed by atoms with Crippen LogP contribution in [0.4, 0.5) is 8.78 Å². The van der Waals surface area contributed by atoms with E-state index in [2.05, 4.69) is 16.6 Å². The Hall–Kier alpha value is -2.38. The molecule has 0 radical (unpaired) electrons. The second-order valence-electron chi connectivity index (χ2n) is 4.68. The molecule has 0 unspecified atom stereocenters. The van der Waals surface area contributed by atoms with Gasteiger partial charge in [-0.2, -0.15) is 8.78 Å². The molecule has 4 heteroatoms. The summed E-state index contributed by atoms with van der Waals surface area (Å²) in [7, 11) is 0. The van der Waals surface area contributed by atoms with E-state index in [0.717, 1.165) is 29.5 Å². The lowest BCUT2D eigenvalue weighted by atomic mass is 10.0. The molecule has 0 saturated carbocycles. The van der Waals surface area contributed by atoms with Gasteiger partial charge in [0, 0.05) is 5.56 Å². The molecular weight excluding hydrogens is 286 g/mol. The molecule has 0 fully saturated rings. The van der Waals surface area contributed by atoms with Crippen molar-refractivity contribution in [3.05, 3.63) is 65.2 Å². The SMILES string of the molecule is OCC#Cc1cccc(CCc2ccc(OC(F)F)cc2)c1. The fourth-order valence-electron chi connectivity index (χ4n) is 2.07. The molecule has 1 N–H and O–H groups in total. The summed E-state index contributed by atoms with van der Waals surface area (Å²) in [6.07, 6.45) is 1.62. The van der Waals surface area contributed by atoms with Crippen LogP contribution in [0.1, 0.15) is 16.7 Å². The summed E-state index contributed by atoms with van der Waals surface area (Å²) in [5.74, 6) is 5.66. The van der Waals surface area contributed by atoms with Crippen molar-refractivity contribution in [1.29, 1.82) is 0 Å². The van der Waals surface area contributed by atoms with Crippen molar-refractivity contribution in [3.63, 3.8) is 0 Å². The van der Waals surface area contributed by atoms with Crippen molar-refractivity contribution < 1.29 is 18.6 Å². The molecular formula is C18H16F2O2. The standard InChI is InChI=1S/C18H16F2O2/c19-18(20)22-17-10-8-14(9-11-17)6-7-16-4-1-3-15(13-16)5-2-12-21/h1,3-4,8-11,13,18,21H,6-7,12H2. The Kier molecular flexibility index (Phi) is 5.93. The highest BCUT2D eigenvalue weighted by Crippen LogP contribution is 2.16. The third-order valence-electron chi connectivity index (χ3n) is 3.09. The number of alkyl halides is 2. The van der Waals surface area contributed by atoms with Gasteiger partial charge in [0.1, 0.15) is 12.4 Å². The lowest BCUT2D eigenvalue weighted by Gasteiger charge is -2.06. The van der Waals surface area contributed by atoms with E-state index in [-0.39, 0.29) is 12.4 Å². The molecule has 0 spiro atoms. The van der Waals surface area contributed by atoms with Crippen molar-refractivity contribution in [1.82, 2.24) is 0 Å². The van der Waals surface area contributed by atoms with Crippen LogP contribution in [0.2, 0.25) is 0 Å². The number of ether oxygens (including phenoxy) is 1. The highest BCUT2D eigenvalue weighted by molar-refractivity contribution is 5.37. The molecule has 0 amide bonds. The number of aryl methyl sites for hydroxylation is 2. The van der Waals surface area contributed by atoms with Crippen LogP contribution in [0.15, 0.2) is 48.5 Å². The number of benzene rings is 2. The van der Waals surface area contributed by atoms with Crippen LogP contribution in [-0.2, 0) is 12.8 Å². The fourth-order valence-corrected chi connectivity index (χ4v) is 2.07. The van der Waals surface area contributed by atoms with E-state index in [9.17, 15) is 8.78 Å². The van der Waals surface area contributed by atoms with Crippen molar-refractivity contribution >= 4 is 0 Å². The molecule has 114 valence electrons. The van der Waals surface area contributed by atoms with Crippen LogP contribution in [0.3, 0.4) is 0 Å². The van der Waals surface area contributed by atoms with Gasteiger partial charge in [0.05, 0.1) is 0 Å². The van der Waals surface area contributed by atoms with E-state index in [1.807, 2.05) is 24.3 Å². The lowest BCUT2D eigenvalue weighted by molar-refractivity contribution is -0.0498. The van der Waals surface area contributed by atoms with Gasteiger partial charge in [0.2, 0.25) is 0 Å². The van der Waals surface area contributed by atoms with Crippen molar-refractivity contribution in [2.75, 3.05) is 6.61 Å². The van der Waals surface area contributed by atoms with E-state index in [0.29, 0.717) is 0 Å². The summed E-state index contributed by atoms with van der Waals surface area (Å²) in [4.78, 5) is 0. The van der Waals surface area contributed by atoms with Crippen molar-refractivity contribution in [2.45, 2.75) is 19.5 Å². The predicted molar refractivity (Wildman–Crippen MR) is 80.9 cm³/mol. The molecule has 0 aliphatic rings. The van der Waals surface area contributed by atoms with Gasteiger partial charge in [-0.25, -0.2) is 0 Å². The van der Waals surface area contributed by atoms with Crippen LogP contribution < -0.4 is 4.74 Å². The first-order chi connectivity index (χ1) is 10.7. The monoisotopic (exact) mass is 302 g/mol. The van der Waals surface area contributed by atoms with E-state index >= 15 is 0 Å². The zero-order valence-corrected chi connectivity index (χ0v) is 11.9. The van der Waals surface area contributed by atoms with Gasteiger partial charge >= 0.3 is 6.61 Å². The molecule has 2 nitrogen and oxygen atoms in total. The molecule has 2 aromatic rings. The molecule has 2 rings (SSSR count). The summed E-state index contributed by atoms with van der Waals surface area (Å²) in [6.45, 7) is -2.95. The Balaban J connectivity index is 1.95. The Morgan fingerprint density at radius 2 is 1.73 bits per heavy atom. The van der Waals surface area contributed by atoms with Crippen LogP contribution in [0.25, 0.3) is 0 Å². The second-order valence-corrected chi connectivity index (χ2v) is 4.68. The summed E-state index contributed by atoms with van der Waals surface area (Å²) in [5.41, 5.74) is 3.05. The van der Waals surface area contributed by atoms with Gasteiger partial charge < -0.3 is 9.84 Å². The highest BCUT2D eigenvalue weighted by Gasteiger charge is 2.04. The number of aliphatic hydroxyl groups is 1. The number of hydrogen-bond acceptors (Lipinski definition) is 2. The van der Waals surface area contributed by atoms with Gasteiger partial charge in [0.15, 0.2) is 0 Å². The van der Waals surface area contributed by atoms with Gasteiger partial charge in [-0.15, -0.1) is 0 Å². The Labute approximate surface area is 128 Å². The number of hydrogen-bond donors (Lipinski definition) is 1. The molecule has 0 heterocycles. The van der Waals surface area contributed by atoms with E-state index in [1.54, 1.807) is 24.3 Å². The minimum Gasteiger partial charge on any atom is -0.435 e.